The van der Waals surface area contributed by atoms with Gasteiger partial charge in [-0.2, -0.15) is 0 Å². The molecule has 20 nitrogen and oxygen atoms in total. The van der Waals surface area contributed by atoms with Gasteiger partial charge in [-0.25, -0.2) is 14.4 Å². The van der Waals surface area contributed by atoms with Crippen molar-refractivity contribution >= 4 is 82.7 Å². The second-order valence-corrected chi connectivity index (χ2v) is 19.4. The molecule has 4 N–H and O–H groups in total. The van der Waals surface area contributed by atoms with Crippen molar-refractivity contribution in [2.24, 2.45) is 35.5 Å². The average molecular weight is 1220 g/mol. The van der Waals surface area contributed by atoms with E-state index >= 15 is 0 Å². The molecule has 3 aliphatic heterocycles. The van der Waals surface area contributed by atoms with E-state index in [2.05, 4.69) is 6.58 Å². The van der Waals surface area contributed by atoms with E-state index in [1.807, 2.05) is 74.5 Å². The van der Waals surface area contributed by atoms with Gasteiger partial charge in [-0.05, 0) is 113 Å². The Kier molecular flexibility index (Phi) is 41.8. The molecular formula is C46H77Cl2N3O17Rh2. The van der Waals surface area contributed by atoms with Crippen LogP contribution in [0.3, 0.4) is 0 Å². The summed E-state index contributed by atoms with van der Waals surface area (Å²) < 4.78 is 15.7. The topological polar surface area (TPSA) is 289 Å². The maximum atomic E-state index is 11.7. The Bertz CT molecular complexity index is 1570. The summed E-state index contributed by atoms with van der Waals surface area (Å²) >= 11 is 9.53. The number of amides is 3. The van der Waals surface area contributed by atoms with E-state index in [4.69, 9.17) is 77.0 Å². The van der Waals surface area contributed by atoms with Crippen LogP contribution in [0.4, 0.5) is 14.4 Å². The van der Waals surface area contributed by atoms with Gasteiger partial charge in [0.15, 0.2) is 5.78 Å². The first kappa shape index (κ1) is 77.5. The first-order chi connectivity index (χ1) is 30.7. The van der Waals surface area contributed by atoms with Crippen LogP contribution in [0.15, 0.2) is 24.8 Å². The summed E-state index contributed by atoms with van der Waals surface area (Å²) in [6, 6.07) is 0. The van der Waals surface area contributed by atoms with Gasteiger partial charge in [0.05, 0.1) is 5.34 Å². The summed E-state index contributed by atoms with van der Waals surface area (Å²) in [5, 5.41) is 29.9. The van der Waals surface area contributed by atoms with Gasteiger partial charge in [0.2, 0.25) is 0 Å². The molecule has 410 valence electrons. The van der Waals surface area contributed by atoms with E-state index in [0.29, 0.717) is 62.9 Å². The summed E-state index contributed by atoms with van der Waals surface area (Å²) in [5.41, 5.74) is -1.27. The molecular weight excluding hydrogens is 1140 g/mol. The largest absolute Gasteiger partial charge is 0.481 e. The fourth-order valence-electron chi connectivity index (χ4n) is 6.16. The molecule has 5 aliphatic rings. The van der Waals surface area contributed by atoms with Crippen molar-refractivity contribution < 1.29 is 122 Å². The number of ketones is 3. The number of likely N-dealkylation sites (tertiary alicyclic amines) is 2. The summed E-state index contributed by atoms with van der Waals surface area (Å²) in [4.78, 5) is 108. The molecule has 0 bridgehead atoms. The van der Waals surface area contributed by atoms with E-state index < -0.39 is 35.1 Å². The molecule has 3 heterocycles. The maximum absolute atomic E-state index is 11.7. The third-order valence-corrected chi connectivity index (χ3v) is 8.39. The first-order valence-electron chi connectivity index (χ1n) is 21.3. The SMILES string of the molecule is C=CC(C)=O.CC(=O)C1[C@H]2CN(C(=O)OC(C)(C)C)C[C@@H]12.CC(=O)C1[C@H]2CN(C(=O)OC(C)(C)C)C[C@@H]12.CC(=O)O.CC(=O)O.CC(=O)O.CC(=O)O.CC(C)(C)OC(=O)N1CC=CC1.ClCCl.[Rh].[Rh]. The molecule has 0 spiro atoms. The maximum Gasteiger partial charge on any atom is 0.410 e. The molecule has 4 fully saturated rings. The van der Waals surface area contributed by atoms with Gasteiger partial charge in [-0.3, -0.25) is 33.6 Å². The van der Waals surface area contributed by atoms with Crippen LogP contribution in [0.1, 0.15) is 111 Å². The van der Waals surface area contributed by atoms with Crippen molar-refractivity contribution in [2.75, 3.05) is 44.6 Å². The number of halogens is 2. The van der Waals surface area contributed by atoms with Crippen LogP contribution in [0, 0.1) is 35.5 Å². The number of nitrogens with zero attached hydrogens (tertiary/aromatic N) is 3. The molecule has 2 saturated heterocycles. The number of alkyl halides is 2. The van der Waals surface area contributed by atoms with Crippen LogP contribution >= 0.6 is 23.2 Å². The predicted molar refractivity (Wildman–Crippen MR) is 256 cm³/mol. The fourth-order valence-corrected chi connectivity index (χ4v) is 6.16. The van der Waals surface area contributed by atoms with Crippen molar-refractivity contribution in [3.05, 3.63) is 24.8 Å². The number of aliphatic carboxylic acids is 4. The van der Waals surface area contributed by atoms with E-state index in [9.17, 15) is 28.8 Å². The van der Waals surface area contributed by atoms with Crippen molar-refractivity contribution in [1.29, 1.82) is 0 Å². The number of hydrogen-bond donors (Lipinski definition) is 4. The van der Waals surface area contributed by atoms with Gasteiger partial charge in [-0.15, -0.1) is 23.2 Å². The molecule has 3 amide bonds. The Morgan fingerprint density at radius 2 is 0.671 bits per heavy atom. The van der Waals surface area contributed by atoms with Gasteiger partial charge in [0, 0.05) is 118 Å². The number of carbonyl (C=O) groups excluding carboxylic acids is 6. The van der Waals surface area contributed by atoms with E-state index in [1.165, 1.54) is 13.0 Å². The van der Waals surface area contributed by atoms with Gasteiger partial charge >= 0.3 is 18.3 Å². The minimum atomic E-state index is -0.833. The van der Waals surface area contributed by atoms with E-state index in [1.54, 1.807) is 28.5 Å². The standard InChI is InChI=1S/2C12H19NO3.C9H15NO2.C4H6O.4C2H4O2.CH2Cl2.2Rh/c2*1-7(14)10-8-5-13(6-9(8)10)11(15)16-12(2,3)4;1-9(2,3)12-8(11)10-6-4-5-7-10;1-3-4(2)5;4*1-2(3)4;2-1-3;;/h2*8-10H,5-6H2,1-4H3;4-5H,6-7H2,1-3H3;3H,1H2,2H3;4*1H3,(H,3,4);1H2;;/t2*8-,9+,10?;;;;;;;;;. The Labute approximate surface area is 449 Å². The summed E-state index contributed by atoms with van der Waals surface area (Å²) in [6.45, 7) is 33.2. The van der Waals surface area contributed by atoms with Crippen molar-refractivity contribution in [1.82, 2.24) is 14.7 Å². The van der Waals surface area contributed by atoms with Crippen LogP contribution in [0.2, 0.25) is 0 Å². The Hall–Kier alpha value is -3.99. The molecule has 70 heavy (non-hydrogen) atoms. The number of carbonyl (C=O) groups is 10. The van der Waals surface area contributed by atoms with Crippen molar-refractivity contribution in [2.45, 2.75) is 128 Å². The number of rotatable bonds is 3. The zero-order valence-electron chi connectivity index (χ0n) is 43.2. The molecule has 0 aromatic carbocycles. The number of ether oxygens (including phenoxy) is 3. The molecule has 2 aliphatic carbocycles. The third kappa shape index (κ3) is 44.0. The molecule has 0 aromatic rings. The number of carboxylic acid groups (broad SMARTS) is 4. The van der Waals surface area contributed by atoms with Gasteiger partial charge in [0.1, 0.15) is 28.4 Å². The molecule has 2 radical (unpaired) electrons. The Balaban J connectivity index is -0.000000178. The molecule has 2 saturated carbocycles. The molecule has 0 aromatic heterocycles. The van der Waals surface area contributed by atoms with Gasteiger partial charge < -0.3 is 49.3 Å². The van der Waals surface area contributed by atoms with Gasteiger partial charge in [-0.1, -0.05) is 18.7 Å². The second-order valence-electron chi connectivity index (χ2n) is 18.5. The summed E-state index contributed by atoms with van der Waals surface area (Å²) in [6.07, 6.45) is 4.48. The number of allylic oxidation sites excluding steroid dienone is 1. The molecule has 5 rings (SSSR count). The Morgan fingerprint density at radius 3 is 0.814 bits per heavy atom. The number of fused-ring (bicyclic) bond motifs is 2. The Morgan fingerprint density at radius 1 is 0.500 bits per heavy atom. The quantitative estimate of drug-likeness (QED) is 0.0692. The monoisotopic (exact) mass is 1220 g/mol. The average Bonchev–Trinajstić information content (AvgIpc) is 3.62. The van der Waals surface area contributed by atoms with Crippen LogP contribution in [0.25, 0.3) is 0 Å². The predicted octanol–water partition coefficient (Wildman–Crippen LogP) is 7.71. The first-order valence-corrected chi connectivity index (χ1v) is 22.4. The second kappa shape index (κ2) is 37.7. The minimum absolute atomic E-state index is 0. The minimum Gasteiger partial charge on any atom is -0.481 e. The molecule has 6 atom stereocenters. The molecule has 24 heteroatoms. The van der Waals surface area contributed by atoms with Crippen LogP contribution in [0.5, 0.6) is 0 Å². The van der Waals surface area contributed by atoms with Crippen LogP contribution in [-0.4, -0.2) is 156 Å². The smallest absolute Gasteiger partial charge is 0.410 e. The zero-order chi connectivity index (χ0) is 54.7. The number of piperidine rings is 2. The summed E-state index contributed by atoms with van der Waals surface area (Å²) in [7, 11) is 0. The number of Topliss-reactive ketones (excluding diaryl/α,β-unsaturated/α-hetero) is 2. The van der Waals surface area contributed by atoms with E-state index in [0.717, 1.165) is 27.7 Å². The molecule has 2 unspecified atom stereocenters. The third-order valence-electron chi connectivity index (χ3n) is 8.39. The van der Waals surface area contributed by atoms with Crippen molar-refractivity contribution in [3.8, 4) is 0 Å². The number of carboxylic acids is 4. The van der Waals surface area contributed by atoms with E-state index in [-0.39, 0.29) is 97.4 Å². The zero-order valence-corrected chi connectivity index (χ0v) is 48.0. The summed E-state index contributed by atoms with van der Waals surface area (Å²) in [5.74, 6) is -0.801. The number of hydrogen-bond acceptors (Lipinski definition) is 13. The normalized spacial score (nSPS) is 19.8. The van der Waals surface area contributed by atoms with Crippen molar-refractivity contribution in [3.63, 3.8) is 0 Å². The van der Waals surface area contributed by atoms with Gasteiger partial charge in [0.25, 0.3) is 23.9 Å². The van der Waals surface area contributed by atoms with Crippen LogP contribution < -0.4 is 0 Å². The van der Waals surface area contributed by atoms with Crippen LogP contribution in [-0.2, 0) is 86.7 Å². The fraction of sp³-hybridized carbons (Fsp3) is 0.696.